The van der Waals surface area contributed by atoms with Gasteiger partial charge in [0.05, 0.1) is 18.6 Å². The Kier molecular flexibility index (Phi) is 1.92. The fourth-order valence-electron chi connectivity index (χ4n) is 1.06. The van der Waals surface area contributed by atoms with Crippen LogP contribution in [0.5, 0.6) is 0 Å². The molecule has 0 radical (unpaired) electrons. The van der Waals surface area contributed by atoms with Crippen LogP contribution in [-0.2, 0) is 9.53 Å². The highest BCUT2D eigenvalue weighted by atomic mass is 16.5. The Balaban J connectivity index is 2.43. The first-order chi connectivity index (χ1) is 4.62. The van der Waals surface area contributed by atoms with Crippen molar-refractivity contribution in [1.29, 1.82) is 0 Å². The van der Waals surface area contributed by atoms with Crippen molar-refractivity contribution in [2.24, 2.45) is 5.73 Å². The molecule has 1 aliphatic rings. The summed E-state index contributed by atoms with van der Waals surface area (Å²) >= 11 is 0. The third-order valence-electron chi connectivity index (χ3n) is 1.64. The normalized spacial score (nSPS) is 32.5. The molecule has 58 valence electrons. The van der Waals surface area contributed by atoms with E-state index >= 15 is 0 Å². The molecule has 0 aromatic carbocycles. The van der Waals surface area contributed by atoms with Gasteiger partial charge in [-0.25, -0.2) is 0 Å². The number of ether oxygens (including phenoxy) is 1. The molecule has 4 heteroatoms. The van der Waals surface area contributed by atoms with Gasteiger partial charge in [-0.2, -0.15) is 0 Å². The summed E-state index contributed by atoms with van der Waals surface area (Å²) < 4.78 is 4.97. The molecule has 1 rings (SSSR count). The molecular formula is C6H11NO3. The summed E-state index contributed by atoms with van der Waals surface area (Å²) in [5.74, 6) is -0.854. The van der Waals surface area contributed by atoms with Gasteiger partial charge in [-0.15, -0.1) is 0 Å². The molecule has 0 aromatic heterocycles. The third kappa shape index (κ3) is 1.68. The molecule has 0 bridgehead atoms. The number of aliphatic carboxylic acids is 1. The number of rotatable bonds is 2. The van der Waals surface area contributed by atoms with Crippen LogP contribution in [0.1, 0.15) is 12.8 Å². The van der Waals surface area contributed by atoms with Crippen LogP contribution in [0.2, 0.25) is 0 Å². The van der Waals surface area contributed by atoms with E-state index in [2.05, 4.69) is 0 Å². The Hall–Kier alpha value is -0.610. The zero-order chi connectivity index (χ0) is 7.61. The highest BCUT2D eigenvalue weighted by molar-refractivity contribution is 5.68. The van der Waals surface area contributed by atoms with Crippen molar-refractivity contribution < 1.29 is 14.6 Å². The zero-order valence-corrected chi connectivity index (χ0v) is 5.67. The molecule has 3 N–H and O–H groups in total. The van der Waals surface area contributed by atoms with Gasteiger partial charge in [0.25, 0.3) is 0 Å². The average Bonchev–Trinajstić information content (AvgIpc) is 2.12. The molecular weight excluding hydrogens is 134 g/mol. The number of hydrogen-bond acceptors (Lipinski definition) is 3. The van der Waals surface area contributed by atoms with Gasteiger partial charge >= 0.3 is 5.97 Å². The molecule has 1 aliphatic heterocycles. The molecule has 0 unspecified atom stereocenters. The lowest BCUT2D eigenvalue weighted by Gasteiger charge is -2.17. The molecule has 0 aromatic rings. The molecule has 0 aliphatic carbocycles. The SMILES string of the molecule is N[C@]1(CC(=O)O)CCOC1. The van der Waals surface area contributed by atoms with Crippen LogP contribution in [0.4, 0.5) is 0 Å². The van der Waals surface area contributed by atoms with Gasteiger partial charge in [-0.05, 0) is 6.42 Å². The van der Waals surface area contributed by atoms with Crippen molar-refractivity contribution in [2.75, 3.05) is 13.2 Å². The average molecular weight is 145 g/mol. The van der Waals surface area contributed by atoms with Gasteiger partial charge in [0.2, 0.25) is 0 Å². The first-order valence-corrected chi connectivity index (χ1v) is 3.21. The molecule has 0 amide bonds. The summed E-state index contributed by atoms with van der Waals surface area (Å²) in [6.45, 7) is 0.961. The van der Waals surface area contributed by atoms with Crippen molar-refractivity contribution in [3.05, 3.63) is 0 Å². The Bertz CT molecular complexity index is 140. The largest absolute Gasteiger partial charge is 0.481 e. The first-order valence-electron chi connectivity index (χ1n) is 3.21. The van der Waals surface area contributed by atoms with E-state index < -0.39 is 11.5 Å². The van der Waals surface area contributed by atoms with Gasteiger partial charge < -0.3 is 15.6 Å². The predicted octanol–water partition coefficient (Wildman–Crippen LogP) is -0.421. The molecule has 1 atom stereocenters. The molecule has 10 heavy (non-hydrogen) atoms. The van der Waals surface area contributed by atoms with E-state index in [0.29, 0.717) is 19.6 Å². The maximum absolute atomic E-state index is 10.2. The summed E-state index contributed by atoms with van der Waals surface area (Å²) in [4.78, 5) is 10.2. The van der Waals surface area contributed by atoms with Crippen molar-refractivity contribution in [3.8, 4) is 0 Å². The molecule has 0 saturated carbocycles. The number of hydrogen-bond donors (Lipinski definition) is 2. The van der Waals surface area contributed by atoms with Crippen LogP contribution < -0.4 is 5.73 Å². The van der Waals surface area contributed by atoms with Crippen LogP contribution in [0, 0.1) is 0 Å². The lowest BCUT2D eigenvalue weighted by molar-refractivity contribution is -0.138. The number of carboxylic acid groups (broad SMARTS) is 1. The highest BCUT2D eigenvalue weighted by Gasteiger charge is 2.32. The molecule has 1 saturated heterocycles. The Morgan fingerprint density at radius 2 is 2.50 bits per heavy atom. The lowest BCUT2D eigenvalue weighted by Crippen LogP contribution is -2.42. The van der Waals surface area contributed by atoms with Gasteiger partial charge in [0.1, 0.15) is 0 Å². The van der Waals surface area contributed by atoms with Crippen LogP contribution in [0.15, 0.2) is 0 Å². The van der Waals surface area contributed by atoms with Gasteiger partial charge in [-0.1, -0.05) is 0 Å². The predicted molar refractivity (Wildman–Crippen MR) is 34.6 cm³/mol. The summed E-state index contributed by atoms with van der Waals surface area (Å²) in [7, 11) is 0. The van der Waals surface area contributed by atoms with E-state index in [-0.39, 0.29) is 6.42 Å². The van der Waals surface area contributed by atoms with Crippen molar-refractivity contribution in [1.82, 2.24) is 0 Å². The fraction of sp³-hybridized carbons (Fsp3) is 0.833. The second kappa shape index (κ2) is 2.56. The Morgan fingerprint density at radius 1 is 1.80 bits per heavy atom. The lowest BCUT2D eigenvalue weighted by atomic mass is 9.96. The van der Waals surface area contributed by atoms with Crippen molar-refractivity contribution in [3.63, 3.8) is 0 Å². The minimum absolute atomic E-state index is 0.00694. The minimum Gasteiger partial charge on any atom is -0.481 e. The van der Waals surface area contributed by atoms with Gasteiger partial charge in [0, 0.05) is 6.61 Å². The second-order valence-corrected chi connectivity index (χ2v) is 2.74. The van der Waals surface area contributed by atoms with Gasteiger partial charge in [0.15, 0.2) is 0 Å². The number of carboxylic acids is 1. The third-order valence-corrected chi connectivity index (χ3v) is 1.64. The monoisotopic (exact) mass is 145 g/mol. The van der Waals surface area contributed by atoms with Crippen LogP contribution in [-0.4, -0.2) is 29.8 Å². The topological polar surface area (TPSA) is 72.6 Å². The Labute approximate surface area is 59.0 Å². The van der Waals surface area contributed by atoms with E-state index in [1.165, 1.54) is 0 Å². The molecule has 0 spiro atoms. The van der Waals surface area contributed by atoms with E-state index in [4.69, 9.17) is 15.6 Å². The molecule has 4 nitrogen and oxygen atoms in total. The number of nitrogens with two attached hydrogens (primary N) is 1. The molecule has 1 fully saturated rings. The summed E-state index contributed by atoms with van der Waals surface area (Å²) in [5.41, 5.74) is 5.05. The van der Waals surface area contributed by atoms with Crippen molar-refractivity contribution >= 4 is 5.97 Å². The maximum atomic E-state index is 10.2. The fourth-order valence-corrected chi connectivity index (χ4v) is 1.06. The minimum atomic E-state index is -0.854. The zero-order valence-electron chi connectivity index (χ0n) is 5.67. The maximum Gasteiger partial charge on any atom is 0.305 e. The van der Waals surface area contributed by atoms with Crippen LogP contribution in [0.25, 0.3) is 0 Å². The van der Waals surface area contributed by atoms with E-state index in [1.54, 1.807) is 0 Å². The molecule has 1 heterocycles. The summed E-state index contributed by atoms with van der Waals surface area (Å²) in [5, 5.41) is 8.40. The van der Waals surface area contributed by atoms with Crippen LogP contribution >= 0.6 is 0 Å². The first kappa shape index (κ1) is 7.50. The number of carbonyl (C=O) groups is 1. The van der Waals surface area contributed by atoms with E-state index in [9.17, 15) is 4.79 Å². The smallest absolute Gasteiger partial charge is 0.305 e. The summed E-state index contributed by atoms with van der Waals surface area (Å²) in [6.07, 6.45) is 0.659. The Morgan fingerprint density at radius 3 is 2.90 bits per heavy atom. The van der Waals surface area contributed by atoms with Crippen LogP contribution in [0.3, 0.4) is 0 Å². The van der Waals surface area contributed by atoms with E-state index in [1.807, 2.05) is 0 Å². The van der Waals surface area contributed by atoms with Gasteiger partial charge in [-0.3, -0.25) is 4.79 Å². The second-order valence-electron chi connectivity index (χ2n) is 2.74. The van der Waals surface area contributed by atoms with Crippen molar-refractivity contribution in [2.45, 2.75) is 18.4 Å². The summed E-state index contributed by atoms with van der Waals surface area (Å²) in [6, 6.07) is 0. The quantitative estimate of drug-likeness (QED) is 0.553. The van der Waals surface area contributed by atoms with E-state index in [0.717, 1.165) is 0 Å². The standard InChI is InChI=1S/C6H11NO3/c7-6(3-5(8)9)1-2-10-4-6/h1-4,7H2,(H,8,9)/t6-/m0/s1. The highest BCUT2D eigenvalue weighted by Crippen LogP contribution is 2.18.